The lowest BCUT2D eigenvalue weighted by atomic mass is 10.1. The Kier molecular flexibility index (Phi) is 5.41. The summed E-state index contributed by atoms with van der Waals surface area (Å²) in [6.45, 7) is 8.97. The van der Waals surface area contributed by atoms with Crippen molar-refractivity contribution < 1.29 is 9.53 Å². The molecular weight excluding hydrogens is 302 g/mol. The summed E-state index contributed by atoms with van der Waals surface area (Å²) in [5, 5.41) is 6.08. The van der Waals surface area contributed by atoms with Gasteiger partial charge in [-0.1, -0.05) is 18.2 Å². The van der Waals surface area contributed by atoms with Gasteiger partial charge in [-0.2, -0.15) is 0 Å². The van der Waals surface area contributed by atoms with Crippen molar-refractivity contribution in [1.82, 2.24) is 10.2 Å². The molecule has 5 heteroatoms. The van der Waals surface area contributed by atoms with Gasteiger partial charge in [-0.05, 0) is 51.2 Å². The van der Waals surface area contributed by atoms with E-state index in [0.717, 1.165) is 30.9 Å². The van der Waals surface area contributed by atoms with Crippen LogP contribution in [0.2, 0.25) is 0 Å². The van der Waals surface area contributed by atoms with E-state index < -0.39 is 0 Å². The SMILES string of the molecule is CC1CN(Cc2ccccc2NC(=O)NC(C)C2CC2)CC(C)O1. The molecule has 0 aromatic heterocycles. The smallest absolute Gasteiger partial charge is 0.319 e. The van der Waals surface area contributed by atoms with Crippen LogP contribution in [-0.2, 0) is 11.3 Å². The highest BCUT2D eigenvalue weighted by Crippen LogP contribution is 2.32. The van der Waals surface area contributed by atoms with E-state index in [-0.39, 0.29) is 24.3 Å². The number of urea groups is 1. The van der Waals surface area contributed by atoms with Crippen LogP contribution in [0.1, 0.15) is 39.2 Å². The number of benzene rings is 1. The molecule has 0 spiro atoms. The maximum absolute atomic E-state index is 12.2. The minimum atomic E-state index is -0.106. The van der Waals surface area contributed by atoms with Gasteiger partial charge in [0.1, 0.15) is 0 Å². The predicted octanol–water partition coefficient (Wildman–Crippen LogP) is 3.22. The number of para-hydroxylation sites is 1. The summed E-state index contributed by atoms with van der Waals surface area (Å²) in [7, 11) is 0. The van der Waals surface area contributed by atoms with Gasteiger partial charge < -0.3 is 15.4 Å². The van der Waals surface area contributed by atoms with Crippen LogP contribution < -0.4 is 10.6 Å². The first kappa shape index (κ1) is 17.2. The van der Waals surface area contributed by atoms with E-state index in [1.165, 1.54) is 12.8 Å². The van der Waals surface area contributed by atoms with Crippen LogP contribution in [0, 0.1) is 5.92 Å². The summed E-state index contributed by atoms with van der Waals surface area (Å²) in [5.74, 6) is 0.655. The maximum Gasteiger partial charge on any atom is 0.319 e. The van der Waals surface area contributed by atoms with Crippen molar-refractivity contribution in [2.75, 3.05) is 18.4 Å². The molecule has 1 saturated carbocycles. The van der Waals surface area contributed by atoms with E-state index in [4.69, 9.17) is 4.74 Å². The molecule has 1 heterocycles. The second-order valence-corrected chi connectivity index (χ2v) is 7.33. The van der Waals surface area contributed by atoms with E-state index in [1.807, 2.05) is 18.2 Å². The first-order valence-electron chi connectivity index (χ1n) is 9.04. The Labute approximate surface area is 144 Å². The molecule has 2 N–H and O–H groups in total. The molecule has 1 aromatic rings. The van der Waals surface area contributed by atoms with Gasteiger partial charge in [-0.15, -0.1) is 0 Å². The Morgan fingerprint density at radius 2 is 1.92 bits per heavy atom. The number of morpholine rings is 1. The molecule has 5 nitrogen and oxygen atoms in total. The average molecular weight is 331 g/mol. The first-order valence-corrected chi connectivity index (χ1v) is 9.04. The van der Waals surface area contributed by atoms with Crippen molar-refractivity contribution >= 4 is 11.7 Å². The Morgan fingerprint density at radius 3 is 2.58 bits per heavy atom. The average Bonchev–Trinajstić information content (AvgIpc) is 3.33. The van der Waals surface area contributed by atoms with Crippen LogP contribution in [-0.4, -0.2) is 42.3 Å². The van der Waals surface area contributed by atoms with Gasteiger partial charge in [0.25, 0.3) is 0 Å². The number of hydrogen-bond acceptors (Lipinski definition) is 3. The molecule has 3 rings (SSSR count). The van der Waals surface area contributed by atoms with E-state index >= 15 is 0 Å². The standard InChI is InChI=1S/C19H29N3O2/c1-13-10-22(11-14(2)24-13)12-17-6-4-5-7-18(17)21-19(23)20-15(3)16-8-9-16/h4-7,13-16H,8-12H2,1-3H3,(H2,20,21,23). The van der Waals surface area contributed by atoms with Gasteiger partial charge in [0.2, 0.25) is 0 Å². The molecule has 1 saturated heterocycles. The third-order valence-electron chi connectivity index (χ3n) is 4.84. The summed E-state index contributed by atoms with van der Waals surface area (Å²) in [4.78, 5) is 14.6. The molecule has 1 aromatic carbocycles. The summed E-state index contributed by atoms with van der Waals surface area (Å²) in [6.07, 6.45) is 2.95. The summed E-state index contributed by atoms with van der Waals surface area (Å²) in [5.41, 5.74) is 2.04. The van der Waals surface area contributed by atoms with E-state index in [1.54, 1.807) is 0 Å². The Balaban J connectivity index is 1.60. The van der Waals surface area contributed by atoms with Gasteiger partial charge in [0, 0.05) is 31.4 Å². The normalized spacial score (nSPS) is 26.0. The van der Waals surface area contributed by atoms with Crippen LogP contribution >= 0.6 is 0 Å². The highest BCUT2D eigenvalue weighted by Gasteiger charge is 2.29. The number of nitrogens with one attached hydrogen (secondary N) is 2. The Hall–Kier alpha value is -1.59. The second-order valence-electron chi connectivity index (χ2n) is 7.33. The first-order chi connectivity index (χ1) is 11.5. The largest absolute Gasteiger partial charge is 0.373 e. The fraction of sp³-hybridized carbons (Fsp3) is 0.632. The maximum atomic E-state index is 12.2. The third kappa shape index (κ3) is 4.71. The number of hydrogen-bond donors (Lipinski definition) is 2. The van der Waals surface area contributed by atoms with Crippen molar-refractivity contribution in [3.8, 4) is 0 Å². The topological polar surface area (TPSA) is 53.6 Å². The molecule has 2 amide bonds. The Morgan fingerprint density at radius 1 is 1.25 bits per heavy atom. The zero-order valence-corrected chi connectivity index (χ0v) is 14.9. The van der Waals surface area contributed by atoms with Crippen molar-refractivity contribution in [3.05, 3.63) is 29.8 Å². The van der Waals surface area contributed by atoms with Gasteiger partial charge in [0.05, 0.1) is 12.2 Å². The monoisotopic (exact) mass is 331 g/mol. The number of rotatable bonds is 5. The van der Waals surface area contributed by atoms with Crippen LogP contribution in [0.3, 0.4) is 0 Å². The van der Waals surface area contributed by atoms with Crippen LogP contribution in [0.4, 0.5) is 10.5 Å². The van der Waals surface area contributed by atoms with Crippen LogP contribution in [0.15, 0.2) is 24.3 Å². The van der Waals surface area contributed by atoms with Crippen LogP contribution in [0.25, 0.3) is 0 Å². The second kappa shape index (κ2) is 7.53. The minimum Gasteiger partial charge on any atom is -0.373 e. The van der Waals surface area contributed by atoms with E-state index in [2.05, 4.69) is 42.4 Å². The highest BCUT2D eigenvalue weighted by atomic mass is 16.5. The minimum absolute atomic E-state index is 0.106. The zero-order valence-electron chi connectivity index (χ0n) is 14.9. The third-order valence-corrected chi connectivity index (χ3v) is 4.84. The van der Waals surface area contributed by atoms with Crippen LogP contribution in [0.5, 0.6) is 0 Å². The van der Waals surface area contributed by atoms with Gasteiger partial charge in [0.15, 0.2) is 0 Å². The molecule has 2 aliphatic rings. The van der Waals surface area contributed by atoms with Crippen molar-refractivity contribution in [3.63, 3.8) is 0 Å². The summed E-state index contributed by atoms with van der Waals surface area (Å²) >= 11 is 0. The van der Waals surface area contributed by atoms with Gasteiger partial charge >= 0.3 is 6.03 Å². The predicted molar refractivity (Wildman–Crippen MR) is 96.1 cm³/mol. The fourth-order valence-electron chi connectivity index (χ4n) is 3.51. The van der Waals surface area contributed by atoms with Crippen molar-refractivity contribution in [2.45, 2.75) is 58.4 Å². The zero-order chi connectivity index (χ0) is 17.1. The molecular formula is C19H29N3O2. The lowest BCUT2D eigenvalue weighted by molar-refractivity contribution is -0.0704. The number of carbonyl (C=O) groups excluding carboxylic acids is 1. The van der Waals surface area contributed by atoms with E-state index in [9.17, 15) is 4.79 Å². The summed E-state index contributed by atoms with van der Waals surface area (Å²) < 4.78 is 5.80. The lowest BCUT2D eigenvalue weighted by Gasteiger charge is -2.35. The number of anilines is 1. The number of amides is 2. The van der Waals surface area contributed by atoms with Crippen molar-refractivity contribution in [1.29, 1.82) is 0 Å². The van der Waals surface area contributed by atoms with Gasteiger partial charge in [-0.3, -0.25) is 4.90 Å². The molecule has 24 heavy (non-hydrogen) atoms. The molecule has 0 bridgehead atoms. The fourth-order valence-corrected chi connectivity index (χ4v) is 3.51. The van der Waals surface area contributed by atoms with Crippen molar-refractivity contribution in [2.24, 2.45) is 5.92 Å². The lowest BCUT2D eigenvalue weighted by Crippen LogP contribution is -2.45. The van der Waals surface area contributed by atoms with E-state index in [0.29, 0.717) is 5.92 Å². The number of nitrogens with zero attached hydrogens (tertiary/aromatic N) is 1. The molecule has 3 unspecified atom stereocenters. The molecule has 3 atom stereocenters. The molecule has 2 fully saturated rings. The quantitative estimate of drug-likeness (QED) is 0.871. The molecule has 132 valence electrons. The highest BCUT2D eigenvalue weighted by molar-refractivity contribution is 5.90. The van der Waals surface area contributed by atoms with Gasteiger partial charge in [-0.25, -0.2) is 4.79 Å². The summed E-state index contributed by atoms with van der Waals surface area (Å²) in [6, 6.07) is 8.20. The number of carbonyl (C=O) groups is 1. The molecule has 0 radical (unpaired) electrons. The number of ether oxygens (including phenoxy) is 1. The molecule has 1 aliphatic carbocycles. The Bertz CT molecular complexity index is 563. The molecule has 1 aliphatic heterocycles.